The molecule has 2 rings (SSSR count). The standard InChI is InChI=1S/C13H18ClN3O3/c1-12(2)6-10(13(3,4)20-12)16-11-9(14)5-8(7-15-11)17(18)19/h5,7,10H,6H2,1-4H3,(H,15,16). The zero-order valence-corrected chi connectivity index (χ0v) is 12.7. The van der Waals surface area contributed by atoms with E-state index in [1.54, 1.807) is 0 Å². The maximum atomic E-state index is 10.7. The smallest absolute Gasteiger partial charge is 0.289 e. The number of pyridine rings is 1. The zero-order chi connectivity index (χ0) is 15.1. The number of rotatable bonds is 3. The topological polar surface area (TPSA) is 77.3 Å². The molecule has 0 spiro atoms. The minimum absolute atomic E-state index is 0.0314. The Labute approximate surface area is 122 Å². The molecule has 1 atom stereocenters. The third kappa shape index (κ3) is 3.02. The van der Waals surface area contributed by atoms with Crippen molar-refractivity contribution in [2.45, 2.75) is 51.4 Å². The molecule has 1 fully saturated rings. The Kier molecular flexibility index (Phi) is 3.64. The van der Waals surface area contributed by atoms with Gasteiger partial charge in [0.15, 0.2) is 0 Å². The Morgan fingerprint density at radius 1 is 1.50 bits per heavy atom. The molecule has 0 saturated carbocycles. The van der Waals surface area contributed by atoms with E-state index in [0.717, 1.165) is 6.42 Å². The van der Waals surface area contributed by atoms with Crippen molar-refractivity contribution in [3.63, 3.8) is 0 Å². The van der Waals surface area contributed by atoms with Crippen molar-refractivity contribution < 1.29 is 9.66 Å². The maximum Gasteiger partial charge on any atom is 0.289 e. The molecule has 6 nitrogen and oxygen atoms in total. The first-order valence-electron chi connectivity index (χ1n) is 6.37. The van der Waals surface area contributed by atoms with Crippen molar-refractivity contribution in [3.05, 3.63) is 27.4 Å². The van der Waals surface area contributed by atoms with Crippen molar-refractivity contribution in [2.24, 2.45) is 0 Å². The summed E-state index contributed by atoms with van der Waals surface area (Å²) >= 11 is 6.05. The highest BCUT2D eigenvalue weighted by Gasteiger charge is 2.46. The number of hydrogen-bond acceptors (Lipinski definition) is 5. The number of nitrogens with zero attached hydrogens (tertiary/aromatic N) is 2. The average molecular weight is 300 g/mol. The Hall–Kier alpha value is -1.40. The van der Waals surface area contributed by atoms with Gasteiger partial charge < -0.3 is 10.1 Å². The second-order valence-corrected chi connectivity index (χ2v) is 6.55. The molecule has 1 aliphatic rings. The van der Waals surface area contributed by atoms with E-state index in [1.807, 2.05) is 27.7 Å². The molecule has 0 radical (unpaired) electrons. The maximum absolute atomic E-state index is 10.7. The van der Waals surface area contributed by atoms with Crippen LogP contribution in [0, 0.1) is 10.1 Å². The molecule has 1 aromatic heterocycles. The number of halogens is 1. The van der Waals surface area contributed by atoms with Crippen LogP contribution in [0.4, 0.5) is 11.5 Å². The summed E-state index contributed by atoms with van der Waals surface area (Å²) in [6, 6.07) is 1.33. The fourth-order valence-corrected chi connectivity index (χ4v) is 2.80. The van der Waals surface area contributed by atoms with Gasteiger partial charge in [-0.1, -0.05) is 11.6 Å². The van der Waals surface area contributed by atoms with Crippen molar-refractivity contribution in [3.8, 4) is 0 Å². The number of anilines is 1. The summed E-state index contributed by atoms with van der Waals surface area (Å²) < 4.78 is 5.98. The van der Waals surface area contributed by atoms with Crippen molar-refractivity contribution in [1.29, 1.82) is 0 Å². The van der Waals surface area contributed by atoms with Crippen LogP contribution in [0.1, 0.15) is 34.1 Å². The lowest BCUT2D eigenvalue weighted by Gasteiger charge is -2.28. The summed E-state index contributed by atoms with van der Waals surface area (Å²) in [6.07, 6.45) is 2.00. The van der Waals surface area contributed by atoms with Gasteiger partial charge >= 0.3 is 0 Å². The molecule has 0 amide bonds. The van der Waals surface area contributed by atoms with E-state index in [-0.39, 0.29) is 28.0 Å². The van der Waals surface area contributed by atoms with Gasteiger partial charge in [-0.25, -0.2) is 4.98 Å². The van der Waals surface area contributed by atoms with Gasteiger partial charge in [-0.2, -0.15) is 0 Å². The fraction of sp³-hybridized carbons (Fsp3) is 0.615. The van der Waals surface area contributed by atoms with Gasteiger partial charge in [-0.3, -0.25) is 10.1 Å². The molecule has 7 heteroatoms. The number of hydrogen-bond donors (Lipinski definition) is 1. The monoisotopic (exact) mass is 299 g/mol. The van der Waals surface area contributed by atoms with Gasteiger partial charge in [0, 0.05) is 6.07 Å². The SMILES string of the molecule is CC1(C)CC(Nc2ncc([N+](=O)[O-])cc2Cl)C(C)(C)O1. The van der Waals surface area contributed by atoms with Crippen LogP contribution in [0.3, 0.4) is 0 Å². The predicted molar refractivity (Wildman–Crippen MR) is 77.2 cm³/mol. The number of aromatic nitrogens is 1. The quantitative estimate of drug-likeness (QED) is 0.683. The minimum atomic E-state index is -0.519. The lowest BCUT2D eigenvalue weighted by atomic mass is 9.94. The Morgan fingerprint density at radius 3 is 2.60 bits per heavy atom. The third-order valence-corrected chi connectivity index (χ3v) is 3.71. The largest absolute Gasteiger partial charge is 0.367 e. The molecule has 20 heavy (non-hydrogen) atoms. The van der Waals surface area contributed by atoms with E-state index >= 15 is 0 Å². The van der Waals surface area contributed by atoms with E-state index in [1.165, 1.54) is 12.3 Å². The molecule has 0 aromatic carbocycles. The van der Waals surface area contributed by atoms with Crippen molar-refractivity contribution in [1.82, 2.24) is 4.98 Å². The van der Waals surface area contributed by atoms with Gasteiger partial charge in [-0.15, -0.1) is 0 Å². The van der Waals surface area contributed by atoms with E-state index in [9.17, 15) is 10.1 Å². The second kappa shape index (κ2) is 4.86. The Balaban J connectivity index is 2.21. The molecule has 1 aromatic rings. The summed E-state index contributed by atoms with van der Waals surface area (Å²) in [7, 11) is 0. The normalized spacial score (nSPS) is 23.6. The number of nitro groups is 1. The highest BCUT2D eigenvalue weighted by molar-refractivity contribution is 6.33. The zero-order valence-electron chi connectivity index (χ0n) is 11.9. The number of ether oxygens (including phenoxy) is 1. The molecule has 1 unspecified atom stereocenters. The average Bonchev–Trinajstić information content (AvgIpc) is 2.49. The molecular weight excluding hydrogens is 282 g/mol. The van der Waals surface area contributed by atoms with Crippen LogP contribution in [0.25, 0.3) is 0 Å². The first kappa shape index (κ1) is 15.0. The minimum Gasteiger partial charge on any atom is -0.367 e. The van der Waals surface area contributed by atoms with Crippen LogP contribution in [0.15, 0.2) is 12.3 Å². The molecule has 0 aliphatic carbocycles. The van der Waals surface area contributed by atoms with Crippen LogP contribution in [-0.2, 0) is 4.74 Å². The second-order valence-electron chi connectivity index (χ2n) is 6.15. The molecule has 1 aliphatic heterocycles. The lowest BCUT2D eigenvalue weighted by Crippen LogP contribution is -2.38. The highest BCUT2D eigenvalue weighted by atomic mass is 35.5. The molecule has 2 heterocycles. The summed E-state index contributed by atoms with van der Waals surface area (Å²) in [5.74, 6) is 0.441. The predicted octanol–water partition coefficient (Wildman–Crippen LogP) is 3.40. The van der Waals surface area contributed by atoms with E-state index in [2.05, 4.69) is 10.3 Å². The van der Waals surface area contributed by atoms with Crippen LogP contribution in [0.2, 0.25) is 5.02 Å². The molecule has 1 N–H and O–H groups in total. The van der Waals surface area contributed by atoms with Crippen LogP contribution < -0.4 is 5.32 Å². The highest BCUT2D eigenvalue weighted by Crippen LogP contribution is 2.39. The summed E-state index contributed by atoms with van der Waals surface area (Å²) in [5, 5.41) is 14.1. The first-order valence-corrected chi connectivity index (χ1v) is 6.75. The molecular formula is C13H18ClN3O3. The van der Waals surface area contributed by atoms with Crippen molar-refractivity contribution in [2.75, 3.05) is 5.32 Å². The van der Waals surface area contributed by atoms with Crippen LogP contribution >= 0.6 is 11.6 Å². The fourth-order valence-electron chi connectivity index (χ4n) is 2.59. The van der Waals surface area contributed by atoms with E-state index in [4.69, 9.17) is 16.3 Å². The van der Waals surface area contributed by atoms with Gasteiger partial charge in [0.25, 0.3) is 5.69 Å². The van der Waals surface area contributed by atoms with Crippen LogP contribution in [-0.4, -0.2) is 27.2 Å². The Morgan fingerprint density at radius 2 is 2.15 bits per heavy atom. The van der Waals surface area contributed by atoms with E-state index in [0.29, 0.717) is 5.82 Å². The van der Waals surface area contributed by atoms with Gasteiger partial charge in [0.05, 0.1) is 27.2 Å². The summed E-state index contributed by atoms with van der Waals surface area (Å²) in [6.45, 7) is 8.06. The molecule has 110 valence electrons. The number of nitrogens with one attached hydrogen (secondary N) is 1. The summed E-state index contributed by atoms with van der Waals surface area (Å²) in [5.41, 5.74) is -0.715. The molecule has 0 bridgehead atoms. The van der Waals surface area contributed by atoms with Crippen molar-refractivity contribution >= 4 is 23.1 Å². The lowest BCUT2D eigenvalue weighted by molar-refractivity contribution is -0.385. The van der Waals surface area contributed by atoms with Gasteiger partial charge in [0.1, 0.15) is 12.0 Å². The molecule has 1 saturated heterocycles. The third-order valence-electron chi connectivity index (χ3n) is 3.42. The van der Waals surface area contributed by atoms with E-state index < -0.39 is 4.92 Å². The van der Waals surface area contributed by atoms with Gasteiger partial charge in [0.2, 0.25) is 0 Å². The summed E-state index contributed by atoms with van der Waals surface area (Å²) in [4.78, 5) is 14.2. The van der Waals surface area contributed by atoms with Crippen LogP contribution in [0.5, 0.6) is 0 Å². The first-order chi connectivity index (χ1) is 9.11. The van der Waals surface area contributed by atoms with Gasteiger partial charge in [-0.05, 0) is 34.1 Å². The Bertz CT molecular complexity index is 546.